The van der Waals surface area contributed by atoms with E-state index in [0.717, 1.165) is 6.42 Å². The summed E-state index contributed by atoms with van der Waals surface area (Å²) in [4.78, 5) is 0. The number of aliphatic hydroxyl groups is 1. The largest absolute Gasteiger partial charge is 0.391 e. The molecule has 0 radical (unpaired) electrons. The van der Waals surface area contributed by atoms with Gasteiger partial charge < -0.3 is 16.6 Å². The van der Waals surface area contributed by atoms with Gasteiger partial charge in [0.05, 0.1) is 6.10 Å². The molecule has 3 atom stereocenters. The van der Waals surface area contributed by atoms with Crippen molar-refractivity contribution in [3.05, 3.63) is 0 Å². The molecule has 0 aromatic carbocycles. The third-order valence-electron chi connectivity index (χ3n) is 1.61. The molecule has 48 valence electrons. The highest BCUT2D eigenvalue weighted by atomic mass is 16.3. The fourth-order valence-electron chi connectivity index (χ4n) is 1.09. The molecule has 0 saturated heterocycles. The summed E-state index contributed by atoms with van der Waals surface area (Å²) < 4.78 is 0. The Morgan fingerprint density at radius 1 is 1.25 bits per heavy atom. The molecule has 0 aromatic heterocycles. The van der Waals surface area contributed by atoms with Gasteiger partial charge >= 0.3 is 0 Å². The van der Waals surface area contributed by atoms with Crippen LogP contribution in [0.15, 0.2) is 0 Å². The minimum absolute atomic E-state index is 0.0787. The van der Waals surface area contributed by atoms with E-state index in [4.69, 9.17) is 16.6 Å². The maximum absolute atomic E-state index is 8.96. The predicted molar refractivity (Wildman–Crippen MR) is 31.2 cm³/mol. The topological polar surface area (TPSA) is 72.3 Å². The molecule has 0 heterocycles. The van der Waals surface area contributed by atoms with Gasteiger partial charge in [-0.25, -0.2) is 0 Å². The molecule has 0 bridgehead atoms. The van der Waals surface area contributed by atoms with E-state index in [-0.39, 0.29) is 18.2 Å². The van der Waals surface area contributed by atoms with Crippen LogP contribution in [0.5, 0.6) is 0 Å². The van der Waals surface area contributed by atoms with Gasteiger partial charge in [0.25, 0.3) is 0 Å². The maximum atomic E-state index is 8.96. The molecule has 0 spiro atoms. The van der Waals surface area contributed by atoms with Crippen LogP contribution in [0.25, 0.3) is 0 Å². The van der Waals surface area contributed by atoms with Crippen LogP contribution in [-0.4, -0.2) is 23.3 Å². The molecule has 0 unspecified atom stereocenters. The van der Waals surface area contributed by atoms with Gasteiger partial charge in [-0.2, -0.15) is 0 Å². The second kappa shape index (κ2) is 2.01. The van der Waals surface area contributed by atoms with Gasteiger partial charge in [0.15, 0.2) is 0 Å². The van der Waals surface area contributed by atoms with E-state index >= 15 is 0 Å². The summed E-state index contributed by atoms with van der Waals surface area (Å²) in [5, 5.41) is 8.96. The molecule has 8 heavy (non-hydrogen) atoms. The molecule has 0 aromatic rings. The Hall–Kier alpha value is -0.120. The smallest absolute Gasteiger partial charge is 0.0706 e. The van der Waals surface area contributed by atoms with Gasteiger partial charge in [-0.3, -0.25) is 0 Å². The number of nitrogens with two attached hydrogens (primary N) is 2. The fraction of sp³-hybridized carbons (Fsp3) is 1.00. The summed E-state index contributed by atoms with van der Waals surface area (Å²) in [5.74, 6) is 0. The van der Waals surface area contributed by atoms with Crippen molar-refractivity contribution >= 4 is 0 Å². The minimum atomic E-state index is -0.356. The van der Waals surface area contributed by atoms with Gasteiger partial charge in [0, 0.05) is 12.1 Å². The first kappa shape index (κ1) is 6.01. The average Bonchev–Trinajstić information content (AvgIpc) is 1.85. The standard InChI is InChI=1S/C5H12N2O/c6-3-1-4(7)5(8)2-3/h3-5,8H,1-2,6-7H2/t3-,4+,5+/m0/s1. The molecule has 1 aliphatic rings. The molecule has 0 aliphatic heterocycles. The highest BCUT2D eigenvalue weighted by Gasteiger charge is 2.27. The lowest BCUT2D eigenvalue weighted by molar-refractivity contribution is 0.164. The first-order valence-electron chi connectivity index (χ1n) is 2.89. The molecule has 3 nitrogen and oxygen atoms in total. The summed E-state index contributed by atoms with van der Waals surface area (Å²) in [5.41, 5.74) is 10.9. The van der Waals surface area contributed by atoms with Crippen LogP contribution < -0.4 is 11.5 Å². The second-order valence-corrected chi connectivity index (χ2v) is 2.46. The third-order valence-corrected chi connectivity index (χ3v) is 1.61. The van der Waals surface area contributed by atoms with Gasteiger partial charge in [-0.05, 0) is 12.8 Å². The first-order chi connectivity index (χ1) is 3.70. The Morgan fingerprint density at radius 3 is 2.00 bits per heavy atom. The van der Waals surface area contributed by atoms with Crippen molar-refractivity contribution in [2.75, 3.05) is 0 Å². The Balaban J connectivity index is 2.39. The Labute approximate surface area is 48.7 Å². The lowest BCUT2D eigenvalue weighted by atomic mass is 10.2. The van der Waals surface area contributed by atoms with E-state index in [1.165, 1.54) is 0 Å². The van der Waals surface area contributed by atoms with Crippen LogP contribution in [-0.2, 0) is 0 Å². The van der Waals surface area contributed by atoms with Gasteiger partial charge in [-0.15, -0.1) is 0 Å². The summed E-state index contributed by atoms with van der Waals surface area (Å²) in [6.45, 7) is 0. The minimum Gasteiger partial charge on any atom is -0.391 e. The van der Waals surface area contributed by atoms with E-state index < -0.39 is 0 Å². The number of hydrogen-bond donors (Lipinski definition) is 3. The lowest BCUT2D eigenvalue weighted by Crippen LogP contribution is -2.28. The SMILES string of the molecule is N[C@H]1C[C@@H](N)[C@H](O)C1. The Morgan fingerprint density at radius 2 is 1.88 bits per heavy atom. The molecule has 1 rings (SSSR count). The van der Waals surface area contributed by atoms with Crippen molar-refractivity contribution in [3.63, 3.8) is 0 Å². The van der Waals surface area contributed by atoms with Crippen molar-refractivity contribution < 1.29 is 5.11 Å². The highest BCUT2D eigenvalue weighted by molar-refractivity contribution is 4.87. The molecular formula is C5H12N2O. The zero-order valence-corrected chi connectivity index (χ0v) is 4.75. The van der Waals surface area contributed by atoms with Crippen LogP contribution in [0.3, 0.4) is 0 Å². The summed E-state index contributed by atoms with van der Waals surface area (Å²) >= 11 is 0. The third kappa shape index (κ3) is 0.992. The van der Waals surface area contributed by atoms with Crippen LogP contribution in [0.4, 0.5) is 0 Å². The van der Waals surface area contributed by atoms with Crippen molar-refractivity contribution in [2.45, 2.75) is 31.0 Å². The normalized spacial score (nSPS) is 47.6. The van der Waals surface area contributed by atoms with Gasteiger partial charge in [0.2, 0.25) is 0 Å². The van der Waals surface area contributed by atoms with Crippen molar-refractivity contribution in [1.82, 2.24) is 0 Å². The van der Waals surface area contributed by atoms with Gasteiger partial charge in [-0.1, -0.05) is 0 Å². The summed E-state index contributed by atoms with van der Waals surface area (Å²) in [6.07, 6.45) is 1.08. The van der Waals surface area contributed by atoms with E-state index in [1.54, 1.807) is 0 Å². The summed E-state index contributed by atoms with van der Waals surface area (Å²) in [7, 11) is 0. The quantitative estimate of drug-likeness (QED) is 0.372. The number of hydrogen-bond acceptors (Lipinski definition) is 3. The monoisotopic (exact) mass is 116 g/mol. The predicted octanol–water partition coefficient (Wildman–Crippen LogP) is -1.20. The van der Waals surface area contributed by atoms with E-state index in [0.29, 0.717) is 6.42 Å². The zero-order valence-electron chi connectivity index (χ0n) is 4.75. The van der Waals surface area contributed by atoms with Crippen LogP contribution in [0, 0.1) is 0 Å². The van der Waals surface area contributed by atoms with E-state index in [2.05, 4.69) is 0 Å². The highest BCUT2D eigenvalue weighted by Crippen LogP contribution is 2.15. The van der Waals surface area contributed by atoms with Crippen LogP contribution >= 0.6 is 0 Å². The molecule has 1 fully saturated rings. The van der Waals surface area contributed by atoms with Crippen LogP contribution in [0.1, 0.15) is 12.8 Å². The molecule has 1 aliphatic carbocycles. The Kier molecular flexibility index (Phi) is 1.51. The number of aliphatic hydroxyl groups excluding tert-OH is 1. The average molecular weight is 116 g/mol. The van der Waals surface area contributed by atoms with Crippen molar-refractivity contribution in [1.29, 1.82) is 0 Å². The molecule has 3 heteroatoms. The van der Waals surface area contributed by atoms with Crippen molar-refractivity contribution in [3.8, 4) is 0 Å². The molecule has 0 amide bonds. The van der Waals surface area contributed by atoms with Crippen LogP contribution in [0.2, 0.25) is 0 Å². The van der Waals surface area contributed by atoms with E-state index in [9.17, 15) is 0 Å². The Bertz CT molecular complexity index is 76.5. The summed E-state index contributed by atoms with van der Waals surface area (Å²) in [6, 6.07) is 0.0463. The van der Waals surface area contributed by atoms with Crippen molar-refractivity contribution in [2.24, 2.45) is 11.5 Å². The number of rotatable bonds is 0. The maximum Gasteiger partial charge on any atom is 0.0706 e. The van der Waals surface area contributed by atoms with E-state index in [1.807, 2.05) is 0 Å². The first-order valence-corrected chi connectivity index (χ1v) is 2.89. The molecular weight excluding hydrogens is 104 g/mol. The zero-order chi connectivity index (χ0) is 6.15. The van der Waals surface area contributed by atoms with Gasteiger partial charge in [0.1, 0.15) is 0 Å². The second-order valence-electron chi connectivity index (χ2n) is 2.46. The lowest BCUT2D eigenvalue weighted by Gasteiger charge is -2.04. The molecule has 5 N–H and O–H groups in total. The fourth-order valence-corrected chi connectivity index (χ4v) is 1.09. The molecule has 1 saturated carbocycles.